The second-order valence-corrected chi connectivity index (χ2v) is 4.26. The molecule has 0 aliphatic carbocycles. The van der Waals surface area contributed by atoms with Crippen molar-refractivity contribution in [3.63, 3.8) is 0 Å². The Kier molecular flexibility index (Phi) is 6.41. The van der Waals surface area contributed by atoms with Gasteiger partial charge in [0.05, 0.1) is 0 Å². The van der Waals surface area contributed by atoms with Crippen molar-refractivity contribution in [1.29, 1.82) is 5.26 Å². The number of hydrogen-bond acceptors (Lipinski definition) is 4. The molecule has 102 valence electrons. The van der Waals surface area contributed by atoms with Gasteiger partial charge in [-0.3, -0.25) is 4.79 Å². The standard InChI is InChI=1S/C14H19N3O2/c1-11(17-9-2-3-14(16)18)12-4-6-13(7-5-12)19-10-8-15/h4-7,11,17H,2-3,9-10H2,1H3,(H2,16,18). The number of benzene rings is 1. The number of nitrogens with zero attached hydrogens (tertiary/aromatic N) is 1. The van der Waals surface area contributed by atoms with Gasteiger partial charge in [-0.15, -0.1) is 0 Å². The molecule has 19 heavy (non-hydrogen) atoms. The summed E-state index contributed by atoms with van der Waals surface area (Å²) in [7, 11) is 0. The number of nitriles is 1. The molecule has 0 bridgehead atoms. The number of nitrogens with one attached hydrogen (secondary N) is 1. The van der Waals surface area contributed by atoms with Crippen LogP contribution in [0.25, 0.3) is 0 Å². The molecule has 0 saturated carbocycles. The van der Waals surface area contributed by atoms with Crippen molar-refractivity contribution in [2.24, 2.45) is 5.73 Å². The third-order valence-electron chi connectivity index (χ3n) is 2.73. The summed E-state index contributed by atoms with van der Waals surface area (Å²) >= 11 is 0. The van der Waals surface area contributed by atoms with Gasteiger partial charge in [-0.1, -0.05) is 12.1 Å². The van der Waals surface area contributed by atoms with Gasteiger partial charge in [0.15, 0.2) is 6.61 Å². The van der Waals surface area contributed by atoms with Crippen LogP contribution in [0.4, 0.5) is 0 Å². The van der Waals surface area contributed by atoms with Gasteiger partial charge < -0.3 is 15.8 Å². The summed E-state index contributed by atoms with van der Waals surface area (Å²) in [6.45, 7) is 2.85. The van der Waals surface area contributed by atoms with Crippen LogP contribution in [0.5, 0.6) is 5.75 Å². The Bertz CT molecular complexity index is 437. The van der Waals surface area contributed by atoms with Crippen molar-refractivity contribution in [2.75, 3.05) is 13.2 Å². The number of hydrogen-bond donors (Lipinski definition) is 2. The van der Waals surface area contributed by atoms with Crippen molar-refractivity contribution in [1.82, 2.24) is 5.32 Å². The zero-order chi connectivity index (χ0) is 14.1. The minimum absolute atomic E-state index is 0.0558. The van der Waals surface area contributed by atoms with Gasteiger partial charge >= 0.3 is 0 Å². The zero-order valence-electron chi connectivity index (χ0n) is 11.1. The van der Waals surface area contributed by atoms with Crippen LogP contribution in [-0.4, -0.2) is 19.1 Å². The van der Waals surface area contributed by atoms with E-state index in [4.69, 9.17) is 15.7 Å². The van der Waals surface area contributed by atoms with Crippen LogP contribution < -0.4 is 15.8 Å². The van der Waals surface area contributed by atoms with Gasteiger partial charge in [0.2, 0.25) is 5.91 Å². The van der Waals surface area contributed by atoms with Gasteiger partial charge in [-0.05, 0) is 37.6 Å². The Labute approximate surface area is 113 Å². The second kappa shape index (κ2) is 8.11. The van der Waals surface area contributed by atoms with Gasteiger partial charge in [-0.2, -0.15) is 5.26 Å². The second-order valence-electron chi connectivity index (χ2n) is 4.26. The Hall–Kier alpha value is -2.06. The molecule has 1 aromatic rings. The molecule has 0 fully saturated rings. The van der Waals surface area contributed by atoms with Crippen LogP contribution in [0.3, 0.4) is 0 Å². The Morgan fingerprint density at radius 3 is 2.74 bits per heavy atom. The fourth-order valence-corrected chi connectivity index (χ4v) is 1.67. The third-order valence-corrected chi connectivity index (χ3v) is 2.73. The van der Waals surface area contributed by atoms with E-state index < -0.39 is 0 Å². The molecule has 0 aromatic heterocycles. The molecule has 0 saturated heterocycles. The molecular weight excluding hydrogens is 242 g/mol. The summed E-state index contributed by atoms with van der Waals surface area (Å²) in [5, 5.41) is 11.7. The van der Waals surface area contributed by atoms with E-state index in [1.54, 1.807) is 0 Å². The Morgan fingerprint density at radius 1 is 1.47 bits per heavy atom. The first-order chi connectivity index (χ1) is 9.13. The molecule has 1 aromatic carbocycles. The highest BCUT2D eigenvalue weighted by Crippen LogP contribution is 2.17. The molecule has 0 aliphatic heterocycles. The van der Waals surface area contributed by atoms with E-state index in [1.807, 2.05) is 30.3 Å². The first-order valence-corrected chi connectivity index (χ1v) is 6.25. The molecule has 1 amide bonds. The van der Waals surface area contributed by atoms with E-state index in [1.165, 1.54) is 0 Å². The van der Waals surface area contributed by atoms with Gasteiger partial charge in [-0.25, -0.2) is 0 Å². The molecule has 0 heterocycles. The minimum Gasteiger partial charge on any atom is -0.479 e. The average Bonchev–Trinajstić information content (AvgIpc) is 2.41. The first-order valence-electron chi connectivity index (χ1n) is 6.25. The summed E-state index contributed by atoms with van der Waals surface area (Å²) in [5.41, 5.74) is 6.20. The SMILES string of the molecule is CC(NCCCC(N)=O)c1ccc(OCC#N)cc1. The fourth-order valence-electron chi connectivity index (χ4n) is 1.67. The molecule has 1 unspecified atom stereocenters. The van der Waals surface area contributed by atoms with E-state index in [2.05, 4.69) is 12.2 Å². The maximum Gasteiger partial charge on any atom is 0.217 e. The fraction of sp³-hybridized carbons (Fsp3) is 0.429. The molecule has 1 rings (SSSR count). The quantitative estimate of drug-likeness (QED) is 0.694. The summed E-state index contributed by atoms with van der Waals surface area (Å²) in [5.74, 6) is 0.416. The predicted molar refractivity (Wildman–Crippen MR) is 72.4 cm³/mol. The van der Waals surface area contributed by atoms with E-state index >= 15 is 0 Å². The van der Waals surface area contributed by atoms with Crippen molar-refractivity contribution in [2.45, 2.75) is 25.8 Å². The van der Waals surface area contributed by atoms with E-state index in [-0.39, 0.29) is 18.6 Å². The number of nitrogens with two attached hydrogens (primary N) is 1. The van der Waals surface area contributed by atoms with Gasteiger partial charge in [0.1, 0.15) is 11.8 Å². The largest absolute Gasteiger partial charge is 0.479 e. The lowest BCUT2D eigenvalue weighted by Crippen LogP contribution is -2.21. The van der Waals surface area contributed by atoms with Crippen LogP contribution >= 0.6 is 0 Å². The number of carbonyl (C=O) groups is 1. The molecule has 5 nitrogen and oxygen atoms in total. The van der Waals surface area contributed by atoms with E-state index in [0.29, 0.717) is 12.2 Å². The van der Waals surface area contributed by atoms with Crippen molar-refractivity contribution in [3.05, 3.63) is 29.8 Å². The topological polar surface area (TPSA) is 88.1 Å². The van der Waals surface area contributed by atoms with Gasteiger partial charge in [0.25, 0.3) is 0 Å². The van der Waals surface area contributed by atoms with Crippen LogP contribution in [0.15, 0.2) is 24.3 Å². The predicted octanol–water partition coefficient (Wildman–Crippen LogP) is 1.51. The number of rotatable bonds is 8. The van der Waals surface area contributed by atoms with Crippen molar-refractivity contribution < 1.29 is 9.53 Å². The summed E-state index contributed by atoms with van der Waals surface area (Å²) in [4.78, 5) is 10.6. The molecule has 0 radical (unpaired) electrons. The first kappa shape index (κ1) is 15.0. The normalized spacial score (nSPS) is 11.6. The summed E-state index contributed by atoms with van der Waals surface area (Å²) < 4.78 is 5.18. The molecule has 0 aliphatic rings. The molecule has 5 heteroatoms. The van der Waals surface area contributed by atoms with E-state index in [9.17, 15) is 4.79 Å². The Balaban J connectivity index is 2.38. The average molecular weight is 261 g/mol. The van der Waals surface area contributed by atoms with Crippen LogP contribution in [0.1, 0.15) is 31.4 Å². The van der Waals surface area contributed by atoms with Crippen LogP contribution in [0, 0.1) is 11.3 Å². The van der Waals surface area contributed by atoms with Crippen LogP contribution in [-0.2, 0) is 4.79 Å². The molecule has 1 atom stereocenters. The summed E-state index contributed by atoms with van der Waals surface area (Å²) in [6, 6.07) is 9.71. The lowest BCUT2D eigenvalue weighted by atomic mass is 10.1. The molecular formula is C14H19N3O2. The number of carbonyl (C=O) groups excluding carboxylic acids is 1. The highest BCUT2D eigenvalue weighted by atomic mass is 16.5. The zero-order valence-corrected chi connectivity index (χ0v) is 11.1. The highest BCUT2D eigenvalue weighted by Gasteiger charge is 2.05. The lowest BCUT2D eigenvalue weighted by Gasteiger charge is -2.14. The highest BCUT2D eigenvalue weighted by molar-refractivity contribution is 5.73. The maximum absolute atomic E-state index is 10.6. The van der Waals surface area contributed by atoms with Crippen LogP contribution in [0.2, 0.25) is 0 Å². The number of primary amides is 1. The smallest absolute Gasteiger partial charge is 0.217 e. The maximum atomic E-state index is 10.6. The van der Waals surface area contributed by atoms with Gasteiger partial charge in [0, 0.05) is 12.5 Å². The molecule has 0 spiro atoms. The van der Waals surface area contributed by atoms with E-state index in [0.717, 1.165) is 18.5 Å². The van der Waals surface area contributed by atoms with Crippen molar-refractivity contribution >= 4 is 5.91 Å². The monoisotopic (exact) mass is 261 g/mol. The van der Waals surface area contributed by atoms with Crippen molar-refractivity contribution in [3.8, 4) is 11.8 Å². The summed E-state index contributed by atoms with van der Waals surface area (Å²) in [6.07, 6.45) is 1.14. The minimum atomic E-state index is -0.270. The lowest BCUT2D eigenvalue weighted by molar-refractivity contribution is -0.118. The third kappa shape index (κ3) is 5.89. The number of ether oxygens (including phenoxy) is 1. The Morgan fingerprint density at radius 2 is 2.16 bits per heavy atom. The number of amides is 1. The molecule has 3 N–H and O–H groups in total.